The Morgan fingerprint density at radius 3 is 2.77 bits per heavy atom. The highest BCUT2D eigenvalue weighted by Gasteiger charge is 2.57. The topological polar surface area (TPSA) is 138 Å². The van der Waals surface area contributed by atoms with Gasteiger partial charge in [0, 0.05) is 5.92 Å². The lowest BCUT2D eigenvalue weighted by atomic mass is 10.1. The second kappa shape index (κ2) is 9.94. The number of carbonyl (C=O) groups is 1. The minimum Gasteiger partial charge on any atom is -0.424 e. The predicted molar refractivity (Wildman–Crippen MR) is 129 cm³/mol. The predicted octanol–water partition coefficient (Wildman–Crippen LogP) is 3.69. The van der Waals surface area contributed by atoms with Gasteiger partial charge in [0.15, 0.2) is 5.82 Å². The molecule has 3 heterocycles. The summed E-state index contributed by atoms with van der Waals surface area (Å²) in [6, 6.07) is 11.5. The van der Waals surface area contributed by atoms with Crippen LogP contribution in [0.1, 0.15) is 25.6 Å². The first-order valence-corrected chi connectivity index (χ1v) is 13.3. The van der Waals surface area contributed by atoms with Crippen molar-refractivity contribution >= 4 is 40.6 Å². The Hall–Kier alpha value is -2.37. The van der Waals surface area contributed by atoms with Crippen molar-refractivity contribution in [2.75, 3.05) is 18.5 Å². The van der Waals surface area contributed by atoms with Crippen LogP contribution >= 0.6 is 23.5 Å². The lowest BCUT2D eigenvalue weighted by Crippen LogP contribution is -2.37. The normalized spacial score (nSPS) is 26.9. The van der Waals surface area contributed by atoms with Gasteiger partial charge < -0.3 is 20.1 Å². The van der Waals surface area contributed by atoms with Gasteiger partial charge in [-0.1, -0.05) is 25.1 Å². The molecule has 0 spiro atoms. The number of fused-ring (bicyclic) bond motifs is 1. The van der Waals surface area contributed by atoms with Gasteiger partial charge in [-0.15, -0.1) is 0 Å². The third-order valence-electron chi connectivity index (χ3n) is 5.80. The zero-order chi connectivity index (χ0) is 25.4. The molecular weight excluding hydrogens is 546 g/mol. The summed E-state index contributed by atoms with van der Waals surface area (Å²) >= 11 is 2.94. The van der Waals surface area contributed by atoms with Crippen molar-refractivity contribution < 1.29 is 32.6 Å². The van der Waals surface area contributed by atoms with Crippen LogP contribution in [0.25, 0.3) is 5.52 Å². The van der Waals surface area contributed by atoms with Crippen molar-refractivity contribution in [2.24, 2.45) is 5.92 Å². The second-order valence-electron chi connectivity index (χ2n) is 8.38. The first-order chi connectivity index (χ1) is 16.5. The number of halogens is 2. The van der Waals surface area contributed by atoms with Crippen LogP contribution < -0.4 is 10.3 Å². The maximum atomic E-state index is 15.6. The minimum atomic E-state index is -3.89. The van der Waals surface area contributed by atoms with Crippen LogP contribution in [0.15, 0.2) is 48.8 Å². The molecule has 1 aliphatic rings. The molecule has 2 unspecified atom stereocenters. The number of hydrogen-bond donors (Lipinski definition) is 2. The van der Waals surface area contributed by atoms with Crippen LogP contribution in [0.5, 0.6) is 5.75 Å². The zero-order valence-electron chi connectivity index (χ0n) is 19.0. The Morgan fingerprint density at radius 1 is 1.37 bits per heavy atom. The van der Waals surface area contributed by atoms with E-state index in [-0.39, 0.29) is 29.2 Å². The Labute approximate surface area is 209 Å². The summed E-state index contributed by atoms with van der Waals surface area (Å²) in [6.07, 6.45) is -3.17. The van der Waals surface area contributed by atoms with Crippen LogP contribution in [-0.4, -0.2) is 55.0 Å². The number of alkyl halides is 2. The molecule has 6 atom stereocenters. The number of aromatic nitrogens is 3. The smallest absolute Gasteiger partial charge is 0.379 e. The summed E-state index contributed by atoms with van der Waals surface area (Å²) in [5.74, 6) is -0.315. The first kappa shape index (κ1) is 25.7. The Bertz CT molecular complexity index is 1260. The molecule has 1 aromatic carbocycles. The number of ether oxygens (including phenoxy) is 1. The summed E-state index contributed by atoms with van der Waals surface area (Å²) in [6.45, 7) is 2.54. The fourth-order valence-electron chi connectivity index (χ4n) is 3.72. The fraction of sp³-hybridized carbons (Fsp3) is 0.409. The van der Waals surface area contributed by atoms with E-state index in [9.17, 15) is 14.5 Å². The van der Waals surface area contributed by atoms with Gasteiger partial charge in [0.25, 0.3) is 0 Å². The van der Waals surface area contributed by atoms with Gasteiger partial charge in [-0.05, 0) is 47.1 Å². The average Bonchev–Trinajstić information content (AvgIpc) is 3.32. The SMILES string of the molecule is CC(=O)[C@H](C)CP(=O)(OC[C@H]1O[C@@H](c2ccc3c(N)ncnn23)[C@@](F)(Br)C1O)Oc1ccccc1. The molecule has 1 aliphatic heterocycles. The molecule has 1 fully saturated rings. The van der Waals surface area contributed by atoms with Gasteiger partial charge in [0.2, 0.25) is 4.58 Å². The number of carbonyl (C=O) groups excluding carboxylic acids is 1. The summed E-state index contributed by atoms with van der Waals surface area (Å²) in [5, 5.41) is 14.8. The van der Waals surface area contributed by atoms with E-state index in [1.807, 2.05) is 0 Å². The lowest BCUT2D eigenvalue weighted by Gasteiger charge is -2.24. The quantitative estimate of drug-likeness (QED) is 0.291. The molecule has 13 heteroatoms. The number of anilines is 1. The van der Waals surface area contributed by atoms with E-state index < -0.39 is 43.0 Å². The molecule has 0 bridgehead atoms. The number of Topliss-reactive ketones (excluding diaryl/α,β-unsaturated/α-hetero) is 1. The van der Waals surface area contributed by atoms with Gasteiger partial charge in [0.05, 0.1) is 18.5 Å². The van der Waals surface area contributed by atoms with Crippen LogP contribution in [0.4, 0.5) is 10.2 Å². The van der Waals surface area contributed by atoms with Crippen LogP contribution in [0.3, 0.4) is 0 Å². The van der Waals surface area contributed by atoms with Crippen molar-refractivity contribution in [3.05, 3.63) is 54.5 Å². The van der Waals surface area contributed by atoms with Gasteiger partial charge in [-0.25, -0.2) is 18.5 Å². The molecule has 35 heavy (non-hydrogen) atoms. The van der Waals surface area contributed by atoms with E-state index in [0.29, 0.717) is 5.52 Å². The summed E-state index contributed by atoms with van der Waals surface area (Å²) in [7, 11) is -3.89. The molecule has 188 valence electrons. The number of aliphatic hydroxyl groups is 1. The third kappa shape index (κ3) is 5.26. The van der Waals surface area contributed by atoms with Gasteiger partial charge in [0.1, 0.15) is 41.7 Å². The molecule has 1 saturated heterocycles. The maximum absolute atomic E-state index is 15.6. The second-order valence-corrected chi connectivity index (χ2v) is 11.6. The van der Waals surface area contributed by atoms with Crippen LogP contribution in [0, 0.1) is 5.92 Å². The molecule has 2 aromatic heterocycles. The number of para-hydroxylation sites is 1. The molecule has 3 N–H and O–H groups in total. The highest BCUT2D eigenvalue weighted by molar-refractivity contribution is 9.10. The van der Waals surface area contributed by atoms with Crippen molar-refractivity contribution in [3.8, 4) is 5.75 Å². The van der Waals surface area contributed by atoms with Crippen LogP contribution in [0.2, 0.25) is 0 Å². The fourth-order valence-corrected chi connectivity index (χ4v) is 6.34. The third-order valence-corrected chi connectivity index (χ3v) is 8.71. The van der Waals surface area contributed by atoms with Crippen LogP contribution in [-0.2, 0) is 18.6 Å². The van der Waals surface area contributed by atoms with Crippen molar-refractivity contribution in [3.63, 3.8) is 0 Å². The van der Waals surface area contributed by atoms with E-state index in [0.717, 1.165) is 0 Å². The lowest BCUT2D eigenvalue weighted by molar-refractivity contribution is -0.119. The van der Waals surface area contributed by atoms with E-state index in [1.165, 1.54) is 17.8 Å². The molecule has 0 amide bonds. The summed E-state index contributed by atoms with van der Waals surface area (Å²) < 4.78 is 45.3. The molecule has 10 nitrogen and oxygen atoms in total. The molecule has 3 aromatic rings. The standard InChI is InChI=1S/C22H25BrFN4O6P/c1-13(14(2)29)11-35(31,34-15-6-4-3-5-7-15)32-10-18-19(30)22(23,24)20(33-18)16-8-9-17-21(25)26-12-27-28(16)17/h3-9,12-13,18-20,30H,10-11H2,1-2H3,(H2,25,26,27)/t13-,18-,19?,20+,22-,35?/m1/s1. The Kier molecular flexibility index (Phi) is 7.31. The summed E-state index contributed by atoms with van der Waals surface area (Å²) in [5.41, 5.74) is 6.58. The molecule has 0 saturated carbocycles. The van der Waals surface area contributed by atoms with E-state index in [4.69, 9.17) is 19.5 Å². The average molecular weight is 571 g/mol. The number of benzene rings is 1. The zero-order valence-corrected chi connectivity index (χ0v) is 21.4. The molecule has 4 rings (SSSR count). The van der Waals surface area contributed by atoms with E-state index in [2.05, 4.69) is 26.0 Å². The Morgan fingerprint density at radius 2 is 2.09 bits per heavy atom. The number of nitrogens with two attached hydrogens (primary N) is 1. The van der Waals surface area contributed by atoms with E-state index >= 15 is 4.39 Å². The highest BCUT2D eigenvalue weighted by atomic mass is 79.9. The number of nitrogens with zero attached hydrogens (tertiary/aromatic N) is 3. The van der Waals surface area contributed by atoms with Gasteiger partial charge in [-0.2, -0.15) is 5.10 Å². The minimum absolute atomic E-state index is 0.188. The molecule has 0 radical (unpaired) electrons. The van der Waals surface area contributed by atoms with Crippen molar-refractivity contribution in [1.29, 1.82) is 0 Å². The van der Waals surface area contributed by atoms with Gasteiger partial charge >= 0.3 is 7.60 Å². The molecule has 0 aliphatic carbocycles. The van der Waals surface area contributed by atoms with Crippen molar-refractivity contribution in [1.82, 2.24) is 14.6 Å². The highest BCUT2D eigenvalue weighted by Crippen LogP contribution is 2.53. The molecular formula is C22H25BrFN4O6P. The summed E-state index contributed by atoms with van der Waals surface area (Å²) in [4.78, 5) is 15.7. The largest absolute Gasteiger partial charge is 0.424 e. The number of ketones is 1. The maximum Gasteiger partial charge on any atom is 0.379 e. The first-order valence-electron chi connectivity index (χ1n) is 10.8. The number of aliphatic hydroxyl groups excluding tert-OH is 1. The Balaban J connectivity index is 1.55. The number of nitrogen functional groups attached to an aromatic ring is 1. The monoisotopic (exact) mass is 570 g/mol. The van der Waals surface area contributed by atoms with E-state index in [1.54, 1.807) is 49.4 Å². The number of hydrogen-bond acceptors (Lipinski definition) is 9. The number of rotatable bonds is 9. The van der Waals surface area contributed by atoms with Gasteiger partial charge in [-0.3, -0.25) is 9.32 Å². The van der Waals surface area contributed by atoms with Crippen molar-refractivity contribution in [2.45, 2.75) is 36.7 Å².